The number of rotatable bonds is 7. The molecule has 0 radical (unpaired) electrons. The maximum atomic E-state index is 9.73. The Balaban J connectivity index is 1.26. The van der Waals surface area contributed by atoms with Crippen molar-refractivity contribution in [1.82, 2.24) is 0 Å². The van der Waals surface area contributed by atoms with Crippen LogP contribution < -0.4 is 4.90 Å². The van der Waals surface area contributed by atoms with Crippen LogP contribution in [0.25, 0.3) is 39.1 Å². The fourth-order valence-electron chi connectivity index (χ4n) is 9.02. The zero-order valence-electron chi connectivity index (χ0n) is 30.7. The van der Waals surface area contributed by atoms with Crippen LogP contribution >= 0.6 is 0 Å². The zero-order valence-corrected chi connectivity index (χ0v) is 30.7. The van der Waals surface area contributed by atoms with Gasteiger partial charge >= 0.3 is 0 Å². The molecule has 10 rings (SSSR count). The molecule has 264 valence electrons. The molecule has 3 nitrogen and oxygen atoms in total. The van der Waals surface area contributed by atoms with Gasteiger partial charge in [0.2, 0.25) is 0 Å². The van der Waals surface area contributed by atoms with Gasteiger partial charge in [0.05, 0.1) is 28.2 Å². The number of para-hydroxylation sites is 3. The van der Waals surface area contributed by atoms with Gasteiger partial charge in [0.1, 0.15) is 0 Å². The fraction of sp³-hybridized carbons (Fsp3) is 0.0189. The SMILES string of the molecule is C=N/C(=C\C(=N)c1cccc2c1-c1cc(-c3cccc(-c4ccccc4)c3)ccc1C21c2ccccc2N(c2ccccc2)c2ccccc21)c1ccccc1. The first-order valence-electron chi connectivity index (χ1n) is 19.0. The quantitative estimate of drug-likeness (QED) is 0.164. The van der Waals surface area contributed by atoms with E-state index in [1.165, 1.54) is 33.4 Å². The number of allylic oxidation sites excluding steroid dienone is 1. The molecule has 1 aliphatic carbocycles. The molecule has 0 aromatic heterocycles. The van der Waals surface area contributed by atoms with E-state index in [0.717, 1.165) is 50.4 Å². The average molecular weight is 716 g/mol. The molecule has 0 bridgehead atoms. The Hall–Kier alpha value is -7.36. The van der Waals surface area contributed by atoms with E-state index in [0.29, 0.717) is 11.4 Å². The van der Waals surface area contributed by atoms with Crippen molar-refractivity contribution < 1.29 is 0 Å². The van der Waals surface area contributed by atoms with Gasteiger partial charge in [0.25, 0.3) is 0 Å². The second-order valence-corrected chi connectivity index (χ2v) is 14.4. The number of anilines is 3. The van der Waals surface area contributed by atoms with Crippen LogP contribution in [-0.4, -0.2) is 12.4 Å². The Labute approximate surface area is 327 Å². The lowest BCUT2D eigenvalue weighted by Crippen LogP contribution is -2.36. The van der Waals surface area contributed by atoms with Crippen LogP contribution in [0.4, 0.5) is 17.1 Å². The number of nitrogens with one attached hydrogen (secondary N) is 1. The van der Waals surface area contributed by atoms with Gasteiger partial charge in [0, 0.05) is 16.8 Å². The number of aliphatic imine (C=N–C) groups is 1. The van der Waals surface area contributed by atoms with Crippen molar-refractivity contribution in [2.24, 2.45) is 4.99 Å². The Morgan fingerprint density at radius 2 is 1.04 bits per heavy atom. The summed E-state index contributed by atoms with van der Waals surface area (Å²) in [7, 11) is 0. The van der Waals surface area contributed by atoms with E-state index in [9.17, 15) is 5.41 Å². The van der Waals surface area contributed by atoms with Crippen LogP contribution in [0.5, 0.6) is 0 Å². The molecule has 0 unspecified atom stereocenters. The van der Waals surface area contributed by atoms with E-state index in [4.69, 9.17) is 0 Å². The summed E-state index contributed by atoms with van der Waals surface area (Å²) in [5.74, 6) is 0. The molecule has 0 fully saturated rings. The molecule has 3 heteroatoms. The van der Waals surface area contributed by atoms with Crippen molar-refractivity contribution in [3.8, 4) is 33.4 Å². The second-order valence-electron chi connectivity index (χ2n) is 14.4. The van der Waals surface area contributed by atoms with Gasteiger partial charge in [-0.1, -0.05) is 164 Å². The number of hydrogen-bond donors (Lipinski definition) is 1. The zero-order chi connectivity index (χ0) is 37.6. The van der Waals surface area contributed by atoms with Crippen LogP contribution in [0.15, 0.2) is 211 Å². The Bertz CT molecular complexity index is 2790. The summed E-state index contributed by atoms with van der Waals surface area (Å²) in [5, 5.41) is 9.73. The Morgan fingerprint density at radius 1 is 0.500 bits per heavy atom. The van der Waals surface area contributed by atoms with Crippen molar-refractivity contribution in [1.29, 1.82) is 5.41 Å². The lowest BCUT2D eigenvalue weighted by molar-refractivity contribution is 0.752. The van der Waals surface area contributed by atoms with Crippen molar-refractivity contribution >= 4 is 35.2 Å². The first kappa shape index (κ1) is 33.2. The molecule has 1 aliphatic heterocycles. The maximum absolute atomic E-state index is 9.73. The third-order valence-corrected chi connectivity index (χ3v) is 11.4. The molecule has 8 aromatic rings. The van der Waals surface area contributed by atoms with Gasteiger partial charge in [-0.25, -0.2) is 0 Å². The summed E-state index contributed by atoms with van der Waals surface area (Å²) >= 11 is 0. The summed E-state index contributed by atoms with van der Waals surface area (Å²) in [4.78, 5) is 6.79. The van der Waals surface area contributed by atoms with Gasteiger partial charge in [-0.3, -0.25) is 4.99 Å². The molecular formula is C53H37N3. The predicted molar refractivity (Wildman–Crippen MR) is 234 cm³/mol. The van der Waals surface area contributed by atoms with Crippen LogP contribution in [0.1, 0.15) is 33.4 Å². The van der Waals surface area contributed by atoms with Gasteiger partial charge in [-0.15, -0.1) is 0 Å². The van der Waals surface area contributed by atoms with Crippen molar-refractivity contribution in [3.63, 3.8) is 0 Å². The lowest BCUT2D eigenvalue weighted by atomic mass is 9.64. The maximum Gasteiger partial charge on any atom is 0.0754 e. The molecule has 0 saturated heterocycles. The van der Waals surface area contributed by atoms with Crippen LogP contribution in [0, 0.1) is 5.41 Å². The van der Waals surface area contributed by atoms with E-state index in [1.807, 2.05) is 36.4 Å². The molecule has 2 aliphatic rings. The Kier molecular flexibility index (Phi) is 8.01. The average Bonchev–Trinajstić information content (AvgIpc) is 3.57. The second kappa shape index (κ2) is 13.5. The minimum atomic E-state index is -0.646. The van der Waals surface area contributed by atoms with Gasteiger partial charge in [0.15, 0.2) is 0 Å². The standard InChI is InChI=1S/C53H37N3/c1-55-49(37-19-7-3-8-20-37)35-48(54)42-25-16-28-47-52(42)43-34-40(39-22-15-21-38(33-39)36-17-5-2-6-18-36)31-32-44(43)53(47)45-26-11-13-29-50(45)56(41-23-9-4-10-24-41)51-30-14-12-27-46(51)53/h2-35,54H,1H2/b49-35-,54-48?. The van der Waals surface area contributed by atoms with Gasteiger partial charge in [-0.2, -0.15) is 0 Å². The highest BCUT2D eigenvalue weighted by Crippen LogP contribution is 2.64. The number of fused-ring (bicyclic) bond motifs is 9. The summed E-state index contributed by atoms with van der Waals surface area (Å²) in [6.07, 6.45) is 1.86. The smallest absolute Gasteiger partial charge is 0.0754 e. The molecule has 0 saturated carbocycles. The normalized spacial score (nSPS) is 13.4. The molecule has 8 aromatic carbocycles. The van der Waals surface area contributed by atoms with E-state index < -0.39 is 5.41 Å². The van der Waals surface area contributed by atoms with Crippen LogP contribution in [0.3, 0.4) is 0 Å². The summed E-state index contributed by atoms with van der Waals surface area (Å²) in [5.41, 5.74) is 17.2. The molecule has 0 atom stereocenters. The molecule has 56 heavy (non-hydrogen) atoms. The highest BCUT2D eigenvalue weighted by Gasteiger charge is 2.52. The molecule has 0 amide bonds. The predicted octanol–water partition coefficient (Wildman–Crippen LogP) is 13.3. The van der Waals surface area contributed by atoms with Crippen LogP contribution in [-0.2, 0) is 5.41 Å². The molecule has 1 N–H and O–H groups in total. The van der Waals surface area contributed by atoms with E-state index in [-0.39, 0.29) is 0 Å². The van der Waals surface area contributed by atoms with Gasteiger partial charge in [-0.05, 0) is 105 Å². The monoisotopic (exact) mass is 715 g/mol. The summed E-state index contributed by atoms with van der Waals surface area (Å²) in [6.45, 7) is 3.90. The lowest BCUT2D eigenvalue weighted by Gasteiger charge is -2.45. The highest BCUT2D eigenvalue weighted by molar-refractivity contribution is 6.16. The van der Waals surface area contributed by atoms with Gasteiger partial charge < -0.3 is 10.3 Å². The molecular weight excluding hydrogens is 679 g/mol. The molecule has 1 spiro atoms. The summed E-state index contributed by atoms with van der Waals surface area (Å²) in [6, 6.07) is 71.1. The van der Waals surface area contributed by atoms with Crippen molar-refractivity contribution in [3.05, 3.63) is 240 Å². The highest BCUT2D eigenvalue weighted by atomic mass is 15.2. The Morgan fingerprint density at radius 3 is 1.71 bits per heavy atom. The molecule has 1 heterocycles. The topological polar surface area (TPSA) is 39.5 Å². The third kappa shape index (κ3) is 5.13. The van der Waals surface area contributed by atoms with Crippen molar-refractivity contribution in [2.45, 2.75) is 5.41 Å². The van der Waals surface area contributed by atoms with E-state index in [1.54, 1.807) is 0 Å². The van der Waals surface area contributed by atoms with E-state index in [2.05, 4.69) is 186 Å². The van der Waals surface area contributed by atoms with Crippen molar-refractivity contribution in [2.75, 3.05) is 4.90 Å². The third-order valence-electron chi connectivity index (χ3n) is 11.4. The van der Waals surface area contributed by atoms with Crippen LogP contribution in [0.2, 0.25) is 0 Å². The first-order valence-corrected chi connectivity index (χ1v) is 19.0. The number of hydrogen-bond acceptors (Lipinski definition) is 3. The number of nitrogens with zero attached hydrogens (tertiary/aromatic N) is 2. The summed E-state index contributed by atoms with van der Waals surface area (Å²) < 4.78 is 0. The largest absolute Gasteiger partial charge is 0.310 e. The minimum absolute atomic E-state index is 0.385. The number of benzene rings is 8. The fourth-order valence-corrected chi connectivity index (χ4v) is 9.02. The minimum Gasteiger partial charge on any atom is -0.310 e. The van der Waals surface area contributed by atoms with E-state index >= 15 is 0 Å². The first-order chi connectivity index (χ1) is 27.7.